The summed E-state index contributed by atoms with van der Waals surface area (Å²) in [6.45, 7) is 0. The van der Waals surface area contributed by atoms with Gasteiger partial charge in [0.2, 0.25) is 0 Å². The Labute approximate surface area is 104 Å². The second kappa shape index (κ2) is 4.41. The van der Waals surface area contributed by atoms with E-state index in [1.807, 2.05) is 18.2 Å². The van der Waals surface area contributed by atoms with Crippen molar-refractivity contribution in [1.82, 2.24) is 0 Å². The molecule has 0 saturated carbocycles. The summed E-state index contributed by atoms with van der Waals surface area (Å²) >= 11 is 0. The first-order valence-electron chi connectivity index (χ1n) is 6.04. The molecule has 0 fully saturated rings. The van der Waals surface area contributed by atoms with Crippen molar-refractivity contribution in [3.8, 4) is 0 Å². The second-order valence-electron chi connectivity index (χ2n) is 4.53. The van der Waals surface area contributed by atoms with Gasteiger partial charge in [-0.15, -0.1) is 0 Å². The van der Waals surface area contributed by atoms with E-state index in [1.165, 1.54) is 23.8 Å². The molecule has 2 aromatic carbocycles. The van der Waals surface area contributed by atoms with Crippen LogP contribution in [0.15, 0.2) is 42.5 Å². The third kappa shape index (κ3) is 1.86. The summed E-state index contributed by atoms with van der Waals surface area (Å²) in [6.07, 6.45) is 1.82. The molecule has 0 heterocycles. The van der Waals surface area contributed by atoms with E-state index in [1.54, 1.807) is 0 Å². The van der Waals surface area contributed by atoms with Crippen molar-refractivity contribution in [3.63, 3.8) is 0 Å². The van der Waals surface area contributed by atoms with Gasteiger partial charge >= 0.3 is 0 Å². The van der Waals surface area contributed by atoms with Gasteiger partial charge in [0.25, 0.3) is 0 Å². The molecule has 1 nitrogen and oxygen atoms in total. The van der Waals surface area contributed by atoms with E-state index in [4.69, 9.17) is 0 Å². The SMILES string of the molecule is Fc1cccc(F)c1NC1CCc2ccccc21. The van der Waals surface area contributed by atoms with Crippen LogP contribution in [0.4, 0.5) is 14.5 Å². The molecule has 18 heavy (non-hydrogen) atoms. The van der Waals surface area contributed by atoms with Crippen LogP contribution in [0.5, 0.6) is 0 Å². The summed E-state index contributed by atoms with van der Waals surface area (Å²) in [7, 11) is 0. The van der Waals surface area contributed by atoms with Gasteiger partial charge in [0.1, 0.15) is 17.3 Å². The number of hydrogen-bond acceptors (Lipinski definition) is 1. The molecule has 0 aliphatic heterocycles. The maximum Gasteiger partial charge on any atom is 0.149 e. The number of benzene rings is 2. The summed E-state index contributed by atoms with van der Waals surface area (Å²) in [6, 6.07) is 11.9. The van der Waals surface area contributed by atoms with Crippen molar-refractivity contribution < 1.29 is 8.78 Å². The fourth-order valence-electron chi connectivity index (χ4n) is 2.52. The molecule has 0 saturated heterocycles. The third-order valence-electron chi connectivity index (χ3n) is 3.41. The smallest absolute Gasteiger partial charge is 0.149 e. The topological polar surface area (TPSA) is 12.0 Å². The number of aryl methyl sites for hydroxylation is 1. The van der Waals surface area contributed by atoms with Crippen molar-refractivity contribution in [1.29, 1.82) is 0 Å². The Bertz CT molecular complexity index is 560. The van der Waals surface area contributed by atoms with Crippen LogP contribution >= 0.6 is 0 Å². The van der Waals surface area contributed by atoms with Crippen LogP contribution in [0.25, 0.3) is 0 Å². The molecule has 1 N–H and O–H groups in total. The Morgan fingerprint density at radius 1 is 0.944 bits per heavy atom. The zero-order valence-electron chi connectivity index (χ0n) is 9.79. The van der Waals surface area contributed by atoms with E-state index in [0.29, 0.717) is 0 Å². The van der Waals surface area contributed by atoms with Crippen molar-refractivity contribution in [3.05, 3.63) is 65.2 Å². The molecular formula is C15H13F2N. The quantitative estimate of drug-likeness (QED) is 0.841. The molecule has 92 valence electrons. The molecule has 0 bridgehead atoms. The number of para-hydroxylation sites is 1. The van der Waals surface area contributed by atoms with Gasteiger partial charge in [-0.2, -0.15) is 0 Å². The summed E-state index contributed by atoms with van der Waals surface area (Å²) in [5.74, 6) is -1.08. The maximum absolute atomic E-state index is 13.6. The maximum atomic E-state index is 13.6. The Morgan fingerprint density at radius 3 is 2.44 bits per heavy atom. The molecule has 2 aromatic rings. The van der Waals surface area contributed by atoms with E-state index in [0.717, 1.165) is 18.4 Å². The molecule has 1 aliphatic rings. The molecular weight excluding hydrogens is 232 g/mol. The molecule has 1 unspecified atom stereocenters. The Hall–Kier alpha value is -1.90. The lowest BCUT2D eigenvalue weighted by Crippen LogP contribution is -2.10. The van der Waals surface area contributed by atoms with Crippen LogP contribution in [-0.2, 0) is 6.42 Å². The monoisotopic (exact) mass is 245 g/mol. The van der Waals surface area contributed by atoms with Crippen molar-refractivity contribution in [2.45, 2.75) is 18.9 Å². The fraction of sp³-hybridized carbons (Fsp3) is 0.200. The van der Waals surface area contributed by atoms with Gasteiger partial charge in [-0.1, -0.05) is 30.3 Å². The number of fused-ring (bicyclic) bond motifs is 1. The first kappa shape index (κ1) is 11.2. The molecule has 0 radical (unpaired) electrons. The largest absolute Gasteiger partial charge is 0.373 e. The van der Waals surface area contributed by atoms with E-state index >= 15 is 0 Å². The molecule has 3 rings (SSSR count). The highest BCUT2D eigenvalue weighted by atomic mass is 19.1. The van der Waals surface area contributed by atoms with Gasteiger partial charge in [-0.3, -0.25) is 0 Å². The average molecular weight is 245 g/mol. The summed E-state index contributed by atoms with van der Waals surface area (Å²) < 4.78 is 27.2. The fourth-order valence-corrected chi connectivity index (χ4v) is 2.52. The number of halogens is 2. The summed E-state index contributed by atoms with van der Waals surface area (Å²) in [4.78, 5) is 0. The van der Waals surface area contributed by atoms with Crippen molar-refractivity contribution in [2.75, 3.05) is 5.32 Å². The first-order valence-corrected chi connectivity index (χ1v) is 6.04. The normalized spacial score (nSPS) is 17.6. The second-order valence-corrected chi connectivity index (χ2v) is 4.53. The van der Waals surface area contributed by atoms with Crippen LogP contribution in [-0.4, -0.2) is 0 Å². The first-order chi connectivity index (χ1) is 8.75. The van der Waals surface area contributed by atoms with Crippen LogP contribution in [0.1, 0.15) is 23.6 Å². The van der Waals surface area contributed by atoms with Crippen LogP contribution in [0.2, 0.25) is 0 Å². The van der Waals surface area contributed by atoms with Crippen LogP contribution in [0.3, 0.4) is 0 Å². The third-order valence-corrected chi connectivity index (χ3v) is 3.41. The van der Waals surface area contributed by atoms with Gasteiger partial charge in [-0.05, 0) is 36.1 Å². The highest BCUT2D eigenvalue weighted by Gasteiger charge is 2.23. The highest BCUT2D eigenvalue weighted by molar-refractivity contribution is 5.50. The van der Waals surface area contributed by atoms with E-state index in [9.17, 15) is 8.78 Å². The number of anilines is 1. The molecule has 0 amide bonds. The minimum Gasteiger partial charge on any atom is -0.373 e. The van der Waals surface area contributed by atoms with E-state index < -0.39 is 11.6 Å². The standard InChI is InChI=1S/C15H13F2N/c16-12-6-3-7-13(17)15(12)18-14-9-8-10-4-1-2-5-11(10)14/h1-7,14,18H,8-9H2. The lowest BCUT2D eigenvalue weighted by molar-refractivity contribution is 0.582. The van der Waals surface area contributed by atoms with Gasteiger partial charge in [0, 0.05) is 0 Å². The highest BCUT2D eigenvalue weighted by Crippen LogP contribution is 2.34. The van der Waals surface area contributed by atoms with E-state index in [-0.39, 0.29) is 11.7 Å². The average Bonchev–Trinajstić information content (AvgIpc) is 2.77. The van der Waals surface area contributed by atoms with E-state index in [2.05, 4.69) is 11.4 Å². The molecule has 0 aromatic heterocycles. The van der Waals surface area contributed by atoms with Gasteiger partial charge in [0.05, 0.1) is 6.04 Å². The minimum absolute atomic E-state index is 0.00685. The minimum atomic E-state index is -0.542. The van der Waals surface area contributed by atoms with Crippen molar-refractivity contribution >= 4 is 5.69 Å². The molecule has 3 heteroatoms. The summed E-state index contributed by atoms with van der Waals surface area (Å²) in [5, 5.41) is 2.98. The van der Waals surface area contributed by atoms with Crippen molar-refractivity contribution in [2.24, 2.45) is 0 Å². The van der Waals surface area contributed by atoms with Crippen LogP contribution < -0.4 is 5.32 Å². The van der Waals surface area contributed by atoms with Gasteiger partial charge < -0.3 is 5.32 Å². The predicted molar refractivity (Wildman–Crippen MR) is 67.5 cm³/mol. The summed E-state index contributed by atoms with van der Waals surface area (Å²) in [5.41, 5.74) is 2.37. The lowest BCUT2D eigenvalue weighted by atomic mass is 10.1. The van der Waals surface area contributed by atoms with Crippen LogP contribution in [0, 0.1) is 11.6 Å². The zero-order chi connectivity index (χ0) is 12.5. The Kier molecular flexibility index (Phi) is 2.74. The Morgan fingerprint density at radius 2 is 1.67 bits per heavy atom. The molecule has 1 atom stereocenters. The molecule has 0 spiro atoms. The predicted octanol–water partition coefficient (Wildman–Crippen LogP) is 4.06. The van der Waals surface area contributed by atoms with Gasteiger partial charge in [0.15, 0.2) is 0 Å². The zero-order valence-corrected chi connectivity index (χ0v) is 9.79. The Balaban J connectivity index is 1.91. The number of nitrogens with one attached hydrogen (secondary N) is 1. The van der Waals surface area contributed by atoms with Gasteiger partial charge in [-0.25, -0.2) is 8.78 Å². The number of rotatable bonds is 2. The lowest BCUT2D eigenvalue weighted by Gasteiger charge is -2.16. The number of hydrogen-bond donors (Lipinski definition) is 1. The molecule has 1 aliphatic carbocycles.